The zero-order valence-electron chi connectivity index (χ0n) is 46.6. The fourth-order valence-corrected chi connectivity index (χ4v) is 11.3. The molecule has 0 aromatic heterocycles. The lowest BCUT2D eigenvalue weighted by molar-refractivity contribution is -0.266. The van der Waals surface area contributed by atoms with Crippen molar-refractivity contribution in [1.82, 2.24) is 4.90 Å². The van der Waals surface area contributed by atoms with E-state index in [2.05, 4.69) is 0 Å². The minimum Gasteiger partial charge on any atom is -0.460 e. The van der Waals surface area contributed by atoms with E-state index in [0.717, 1.165) is 18.4 Å². The first kappa shape index (κ1) is 62.4. The lowest BCUT2D eigenvalue weighted by Crippen LogP contribution is -2.61. The fourth-order valence-electron chi connectivity index (χ4n) is 11.3. The van der Waals surface area contributed by atoms with Crippen molar-refractivity contribution in [2.45, 2.75) is 186 Å². The maximum Gasteiger partial charge on any atom is 0.329 e. The van der Waals surface area contributed by atoms with E-state index in [1.54, 1.807) is 41.1 Å². The number of nitrogens with zero attached hydrogens (tertiary/aromatic N) is 1. The molecule has 1 amide bonds. The number of Topliss-reactive ketones (excluding diaryl/α,β-unsaturated/α-hetero) is 3. The third-order valence-electron chi connectivity index (χ3n) is 16.2. The first-order chi connectivity index (χ1) is 35.8. The molecule has 16 atom stereocenters. The number of aliphatic hydroxyl groups is 2. The Morgan fingerprint density at radius 2 is 1.61 bits per heavy atom. The number of hydrogen-bond acceptors (Lipinski definition) is 16. The van der Waals surface area contributed by atoms with Crippen LogP contribution in [0.25, 0.3) is 0 Å². The Labute approximate surface area is 446 Å². The molecule has 424 valence electrons. The number of esters is 1. The Bertz CT molecular complexity index is 1980. The Morgan fingerprint density at radius 3 is 2.32 bits per heavy atom. The van der Waals surface area contributed by atoms with Gasteiger partial charge in [-0.1, -0.05) is 71.1 Å². The highest BCUT2D eigenvalue weighted by atomic mass is 16.6. The fraction of sp³-hybridized carbons (Fsp3) is 0.776. The maximum atomic E-state index is 14.6. The largest absolute Gasteiger partial charge is 0.460 e. The molecule has 4 aliphatic heterocycles. The zero-order chi connectivity index (χ0) is 54.8. The number of allylic oxidation sites excluding steroid dienone is 6. The Balaban J connectivity index is 1.47. The van der Waals surface area contributed by atoms with Crippen LogP contribution in [0.1, 0.15) is 126 Å². The minimum atomic E-state index is -2.48. The second-order valence-corrected chi connectivity index (χ2v) is 22.1. The minimum absolute atomic E-state index is 0.00616. The van der Waals surface area contributed by atoms with Crippen LogP contribution in [0.15, 0.2) is 47.6 Å². The summed E-state index contributed by atoms with van der Waals surface area (Å²) >= 11 is 0. The lowest BCUT2D eigenvalue weighted by Gasteiger charge is -2.43. The van der Waals surface area contributed by atoms with Gasteiger partial charge in [0.1, 0.15) is 36.2 Å². The van der Waals surface area contributed by atoms with Crippen molar-refractivity contribution in [1.29, 1.82) is 0 Å². The summed E-state index contributed by atoms with van der Waals surface area (Å²) in [6, 6.07) is -1.16. The standard InChI is InChI=1S/C58H91NO16/c1-36-16-12-11-13-17-37(2)49(73-35-45-34-70-25-27-71-45)32-44-21-19-42(7)58(66,75-44)55(63)56(64)59-23-15-14-18-46(59)57(65)74-50(39(4)30-43-20-22-48(51(31-43)68-9)72-26-24-67-8)33-47(60)38(3)29-41(6)53(62)54(69-10)52(61)40(5)28-36/h11-13,16-17,29,36,38-40,42-46,48-51,53-54,62,66H,14-15,18-28,30-35H2,1-10H3/t36-,38-,39-,40-,42-,43+,44+,45-,46+,48-,49?,50+,51-,53-,54+,58-/m1/s1. The van der Waals surface area contributed by atoms with Crippen LogP contribution in [0, 0.1) is 35.5 Å². The highest BCUT2D eigenvalue weighted by Gasteiger charge is 2.53. The van der Waals surface area contributed by atoms with Crippen molar-refractivity contribution in [3.8, 4) is 0 Å². The average molecular weight is 1060 g/mol. The van der Waals surface area contributed by atoms with Gasteiger partial charge in [-0.3, -0.25) is 19.2 Å². The SMILES string of the molecule is COCCO[C@@H]1CC[C@@H](C[C@@H](C)[C@@H]2CC(=O)[C@H](C)C=C(C)[C@@H](O)[C@@H](OC)C(=O)[C@H](C)C[C@H](C)C=CC=CC=C(C)C(OC[C@H]3COCCO3)C[C@@H]3CC[C@@H](C)[C@@](O)(O3)C(=O)C(=O)N3CCCC[C@H]3C(=O)O2)C[C@H]1OC. The van der Waals surface area contributed by atoms with Gasteiger partial charge in [-0.15, -0.1) is 0 Å². The van der Waals surface area contributed by atoms with Gasteiger partial charge < -0.3 is 57.7 Å². The topological polar surface area (TPSA) is 212 Å². The smallest absolute Gasteiger partial charge is 0.329 e. The van der Waals surface area contributed by atoms with Crippen molar-refractivity contribution in [2.24, 2.45) is 35.5 Å². The number of ether oxygens (including phenoxy) is 9. The molecule has 17 nitrogen and oxygen atoms in total. The first-order valence-electron chi connectivity index (χ1n) is 27.7. The van der Waals surface area contributed by atoms with Gasteiger partial charge >= 0.3 is 5.97 Å². The second kappa shape index (κ2) is 30.6. The first-order valence-corrected chi connectivity index (χ1v) is 27.7. The van der Waals surface area contributed by atoms with Gasteiger partial charge in [0.15, 0.2) is 5.78 Å². The summed E-state index contributed by atoms with van der Waals surface area (Å²) in [5, 5.41) is 23.8. The lowest BCUT2D eigenvalue weighted by atomic mass is 9.78. The number of hydrogen-bond donors (Lipinski definition) is 2. The molecule has 75 heavy (non-hydrogen) atoms. The molecule has 3 saturated heterocycles. The van der Waals surface area contributed by atoms with Crippen molar-refractivity contribution in [2.75, 3.05) is 67.5 Å². The van der Waals surface area contributed by atoms with Crippen LogP contribution in [-0.4, -0.2) is 173 Å². The normalized spacial score (nSPS) is 36.6. The molecule has 2 N–H and O–H groups in total. The molecule has 5 rings (SSSR count). The van der Waals surface area contributed by atoms with Crippen LogP contribution in [0.2, 0.25) is 0 Å². The molecule has 17 heteroatoms. The number of cyclic esters (lactones) is 1. The van der Waals surface area contributed by atoms with Crippen molar-refractivity contribution in [3.63, 3.8) is 0 Å². The van der Waals surface area contributed by atoms with Gasteiger partial charge in [0, 0.05) is 58.5 Å². The second-order valence-electron chi connectivity index (χ2n) is 22.1. The summed E-state index contributed by atoms with van der Waals surface area (Å²) in [4.78, 5) is 73.0. The zero-order valence-corrected chi connectivity index (χ0v) is 46.6. The van der Waals surface area contributed by atoms with E-state index in [9.17, 15) is 34.2 Å². The number of amides is 1. The number of ketones is 3. The molecule has 4 fully saturated rings. The summed E-state index contributed by atoms with van der Waals surface area (Å²) in [6.07, 6.45) is 11.7. The molecule has 0 spiro atoms. The van der Waals surface area contributed by atoms with E-state index < -0.39 is 77.8 Å². The summed E-state index contributed by atoms with van der Waals surface area (Å²) in [5.74, 6) is -8.06. The van der Waals surface area contributed by atoms with Crippen molar-refractivity contribution in [3.05, 3.63) is 47.6 Å². The molecule has 1 unspecified atom stereocenters. The van der Waals surface area contributed by atoms with Crippen LogP contribution >= 0.6 is 0 Å². The summed E-state index contributed by atoms with van der Waals surface area (Å²) in [5.41, 5.74) is 1.24. The molecule has 0 aromatic carbocycles. The van der Waals surface area contributed by atoms with Crippen molar-refractivity contribution < 1.29 is 76.8 Å². The average Bonchev–Trinajstić information content (AvgIpc) is 3.40. The highest BCUT2D eigenvalue weighted by Crippen LogP contribution is 2.38. The van der Waals surface area contributed by atoms with E-state index in [-0.39, 0.29) is 80.0 Å². The van der Waals surface area contributed by atoms with Crippen LogP contribution in [0.4, 0.5) is 0 Å². The molecule has 0 aromatic rings. The van der Waals surface area contributed by atoms with E-state index >= 15 is 0 Å². The van der Waals surface area contributed by atoms with E-state index in [4.69, 9.17) is 42.6 Å². The van der Waals surface area contributed by atoms with E-state index in [0.29, 0.717) is 83.6 Å². The molecular formula is C58H91NO16. The predicted octanol–water partition coefficient (Wildman–Crippen LogP) is 6.64. The molecule has 2 bridgehead atoms. The number of aliphatic hydroxyl groups excluding tert-OH is 1. The quantitative estimate of drug-likeness (QED) is 0.0908. The van der Waals surface area contributed by atoms with Crippen LogP contribution in [0.3, 0.4) is 0 Å². The van der Waals surface area contributed by atoms with E-state index in [1.807, 2.05) is 58.1 Å². The molecule has 5 aliphatic rings. The number of methoxy groups -OCH3 is 3. The Morgan fingerprint density at radius 1 is 0.840 bits per heavy atom. The van der Waals surface area contributed by atoms with Gasteiger partial charge in [0.2, 0.25) is 5.79 Å². The number of carbonyl (C=O) groups excluding carboxylic acids is 5. The molecule has 0 radical (unpaired) electrons. The monoisotopic (exact) mass is 1060 g/mol. The van der Waals surface area contributed by atoms with Crippen LogP contribution in [0.5, 0.6) is 0 Å². The van der Waals surface area contributed by atoms with E-state index in [1.165, 1.54) is 12.0 Å². The van der Waals surface area contributed by atoms with Crippen molar-refractivity contribution >= 4 is 29.2 Å². The van der Waals surface area contributed by atoms with Gasteiger partial charge in [0.25, 0.3) is 11.7 Å². The molecule has 4 heterocycles. The van der Waals surface area contributed by atoms with Crippen LogP contribution in [-0.2, 0) is 66.6 Å². The number of carbonyl (C=O) groups is 5. The van der Waals surface area contributed by atoms with Gasteiger partial charge in [-0.2, -0.15) is 0 Å². The Hall–Kier alpha value is -3.49. The number of fused-ring (bicyclic) bond motifs is 3. The maximum absolute atomic E-state index is 14.6. The number of piperidine rings is 1. The summed E-state index contributed by atoms with van der Waals surface area (Å²) < 4.78 is 53.4. The highest BCUT2D eigenvalue weighted by molar-refractivity contribution is 6.39. The predicted molar refractivity (Wildman–Crippen MR) is 280 cm³/mol. The summed E-state index contributed by atoms with van der Waals surface area (Å²) in [7, 11) is 4.68. The van der Waals surface area contributed by atoms with Gasteiger partial charge in [-0.05, 0) is 107 Å². The van der Waals surface area contributed by atoms with Gasteiger partial charge in [0.05, 0.1) is 64.1 Å². The number of rotatable bonds is 12. The third kappa shape index (κ3) is 17.8. The van der Waals surface area contributed by atoms with Crippen LogP contribution < -0.4 is 0 Å². The molecule has 1 aliphatic carbocycles. The molecule has 1 saturated carbocycles. The summed E-state index contributed by atoms with van der Waals surface area (Å²) in [6.45, 7) is 15.3. The van der Waals surface area contributed by atoms with Gasteiger partial charge in [-0.25, -0.2) is 4.79 Å². The Kier molecular flexibility index (Phi) is 25.4. The molecular weight excluding hydrogens is 967 g/mol. The third-order valence-corrected chi connectivity index (χ3v) is 16.2.